The fourth-order valence-electron chi connectivity index (χ4n) is 3.29. The van der Waals surface area contributed by atoms with Gasteiger partial charge in [-0.15, -0.1) is 0 Å². The van der Waals surface area contributed by atoms with Crippen LogP contribution in [0.25, 0.3) is 0 Å². The van der Waals surface area contributed by atoms with Gasteiger partial charge >= 0.3 is 10.4 Å². The molecule has 4 rings (SSSR count). The molecule has 3 aromatic rings. The van der Waals surface area contributed by atoms with Gasteiger partial charge in [-0.3, -0.25) is 9.11 Å². The number of hydrogen-bond acceptors (Lipinski definition) is 6. The summed E-state index contributed by atoms with van der Waals surface area (Å²) in [5.74, 6) is 2.89. The van der Waals surface area contributed by atoms with Gasteiger partial charge in [-0.2, -0.15) is 8.42 Å². The topological polar surface area (TPSA) is 111 Å². The molecule has 0 spiro atoms. The summed E-state index contributed by atoms with van der Waals surface area (Å²) in [4.78, 5) is 4.93. The van der Waals surface area contributed by atoms with E-state index >= 15 is 0 Å². The van der Waals surface area contributed by atoms with Gasteiger partial charge in [0, 0.05) is 30.8 Å². The Morgan fingerprint density at radius 1 is 0.935 bits per heavy atom. The summed E-state index contributed by atoms with van der Waals surface area (Å²) in [5.41, 5.74) is 5.03. The predicted molar refractivity (Wildman–Crippen MR) is 119 cm³/mol. The van der Waals surface area contributed by atoms with Crippen LogP contribution in [-0.2, 0) is 29.8 Å². The number of hydrogen-bond donors (Lipinski definition) is 2. The lowest BCUT2D eigenvalue weighted by atomic mass is 10.0. The lowest BCUT2D eigenvalue weighted by molar-refractivity contribution is 0.381. The number of imidazole rings is 1. The SMILES string of the molecule is COc1ccc(Cc2nc3n(c2Cc2ccc(OC)cc2)CCS3)cc1.O=S(=O)(O)O. The molecule has 31 heavy (non-hydrogen) atoms. The van der Waals surface area contributed by atoms with Gasteiger partial charge in [-0.05, 0) is 35.4 Å². The van der Waals surface area contributed by atoms with E-state index in [1.54, 1.807) is 14.2 Å². The highest BCUT2D eigenvalue weighted by Gasteiger charge is 2.22. The third-order valence-corrected chi connectivity index (χ3v) is 5.68. The Bertz CT molecular complexity index is 1100. The molecule has 0 radical (unpaired) electrons. The highest BCUT2D eigenvalue weighted by molar-refractivity contribution is 7.99. The Kier molecular flexibility index (Phi) is 7.60. The Morgan fingerprint density at radius 3 is 1.90 bits per heavy atom. The maximum absolute atomic E-state index is 8.74. The van der Waals surface area contributed by atoms with Gasteiger partial charge < -0.3 is 14.0 Å². The van der Waals surface area contributed by atoms with Crippen LogP contribution in [0.2, 0.25) is 0 Å². The highest BCUT2D eigenvalue weighted by Crippen LogP contribution is 2.31. The van der Waals surface area contributed by atoms with Crippen LogP contribution in [-0.4, -0.2) is 47.0 Å². The van der Waals surface area contributed by atoms with E-state index in [-0.39, 0.29) is 0 Å². The van der Waals surface area contributed by atoms with Gasteiger partial charge in [0.05, 0.1) is 19.9 Å². The van der Waals surface area contributed by atoms with Gasteiger partial charge in [-0.25, -0.2) is 4.98 Å². The maximum atomic E-state index is 8.74. The highest BCUT2D eigenvalue weighted by atomic mass is 32.3. The van der Waals surface area contributed by atoms with Crippen LogP contribution in [0.15, 0.2) is 53.7 Å². The molecular weight excluding hydrogens is 440 g/mol. The van der Waals surface area contributed by atoms with Gasteiger partial charge in [0.2, 0.25) is 0 Å². The van der Waals surface area contributed by atoms with Crippen molar-refractivity contribution in [1.82, 2.24) is 9.55 Å². The molecule has 166 valence electrons. The molecule has 8 nitrogen and oxygen atoms in total. The summed E-state index contributed by atoms with van der Waals surface area (Å²) < 4.78 is 44.5. The van der Waals surface area contributed by atoms with Crippen molar-refractivity contribution >= 4 is 22.2 Å². The van der Waals surface area contributed by atoms with Crippen molar-refractivity contribution in [1.29, 1.82) is 0 Å². The Hall–Kier alpha value is -2.53. The van der Waals surface area contributed by atoms with E-state index in [0.717, 1.165) is 41.8 Å². The molecule has 1 aromatic heterocycles. The number of thioether (sulfide) groups is 1. The number of benzene rings is 2. The Balaban J connectivity index is 0.000000491. The molecule has 0 unspecified atom stereocenters. The molecule has 0 aliphatic carbocycles. The zero-order valence-electron chi connectivity index (χ0n) is 17.2. The molecule has 2 heterocycles. The molecule has 0 atom stereocenters. The summed E-state index contributed by atoms with van der Waals surface area (Å²) in [6.07, 6.45) is 1.74. The molecule has 2 N–H and O–H groups in total. The minimum Gasteiger partial charge on any atom is -0.497 e. The van der Waals surface area contributed by atoms with E-state index in [1.165, 1.54) is 22.5 Å². The lowest BCUT2D eigenvalue weighted by Crippen LogP contribution is -2.05. The van der Waals surface area contributed by atoms with Crippen LogP contribution in [0.4, 0.5) is 0 Å². The number of ether oxygens (including phenoxy) is 2. The first-order valence-electron chi connectivity index (χ1n) is 9.43. The van der Waals surface area contributed by atoms with Crippen molar-refractivity contribution in [2.75, 3.05) is 20.0 Å². The monoisotopic (exact) mass is 464 g/mol. The van der Waals surface area contributed by atoms with Crippen LogP contribution < -0.4 is 9.47 Å². The summed E-state index contributed by atoms with van der Waals surface area (Å²) >= 11 is 1.85. The van der Waals surface area contributed by atoms with Gasteiger partial charge in [0.15, 0.2) is 5.16 Å². The van der Waals surface area contributed by atoms with E-state index < -0.39 is 10.4 Å². The summed E-state index contributed by atoms with van der Waals surface area (Å²) in [6, 6.07) is 16.6. The third-order valence-electron chi connectivity index (χ3n) is 4.73. The second-order valence-electron chi connectivity index (χ2n) is 6.79. The number of rotatable bonds is 6. The first-order valence-corrected chi connectivity index (χ1v) is 11.8. The van der Waals surface area contributed by atoms with Crippen molar-refractivity contribution in [3.63, 3.8) is 0 Å². The summed E-state index contributed by atoms with van der Waals surface area (Å²) in [6.45, 7) is 1.04. The maximum Gasteiger partial charge on any atom is 0.394 e. The molecule has 1 aliphatic heterocycles. The largest absolute Gasteiger partial charge is 0.497 e. The van der Waals surface area contributed by atoms with E-state index in [4.69, 9.17) is 32.0 Å². The number of nitrogens with zero attached hydrogens (tertiary/aromatic N) is 2. The molecule has 0 fully saturated rings. The third kappa shape index (κ3) is 6.73. The molecule has 1 aliphatic rings. The average Bonchev–Trinajstić information content (AvgIpc) is 3.30. The minimum atomic E-state index is -4.67. The predicted octanol–water partition coefficient (Wildman–Crippen LogP) is 3.53. The van der Waals surface area contributed by atoms with Crippen LogP contribution in [0, 0.1) is 0 Å². The normalized spacial score (nSPS) is 12.6. The van der Waals surface area contributed by atoms with Gasteiger partial charge in [0.1, 0.15) is 11.5 Å². The minimum absolute atomic E-state index is 0.843. The smallest absolute Gasteiger partial charge is 0.394 e. The molecular formula is C21H24N2O6S2. The second kappa shape index (κ2) is 10.2. The zero-order valence-corrected chi connectivity index (χ0v) is 18.8. The average molecular weight is 465 g/mol. The fourth-order valence-corrected chi connectivity index (χ4v) is 4.28. The molecule has 0 saturated heterocycles. The number of methoxy groups -OCH3 is 2. The molecule has 0 amide bonds. The summed E-state index contributed by atoms with van der Waals surface area (Å²) in [7, 11) is -1.28. The van der Waals surface area contributed by atoms with E-state index in [1.807, 2.05) is 36.0 Å². The molecule has 10 heteroatoms. The van der Waals surface area contributed by atoms with Crippen LogP contribution in [0.5, 0.6) is 11.5 Å². The Labute approximate surface area is 185 Å². The quantitative estimate of drug-likeness (QED) is 0.533. The number of fused-ring (bicyclic) bond motifs is 1. The van der Waals surface area contributed by atoms with E-state index in [9.17, 15) is 0 Å². The zero-order chi connectivity index (χ0) is 22.4. The van der Waals surface area contributed by atoms with Crippen molar-refractivity contribution in [3.8, 4) is 11.5 Å². The van der Waals surface area contributed by atoms with E-state index in [0.29, 0.717) is 0 Å². The van der Waals surface area contributed by atoms with Crippen LogP contribution in [0.1, 0.15) is 22.5 Å². The molecule has 0 bridgehead atoms. The van der Waals surface area contributed by atoms with Crippen molar-refractivity contribution in [2.45, 2.75) is 24.5 Å². The second-order valence-corrected chi connectivity index (χ2v) is 8.74. The van der Waals surface area contributed by atoms with Crippen molar-refractivity contribution in [2.24, 2.45) is 0 Å². The van der Waals surface area contributed by atoms with Crippen LogP contribution in [0.3, 0.4) is 0 Å². The van der Waals surface area contributed by atoms with Gasteiger partial charge in [0.25, 0.3) is 0 Å². The summed E-state index contributed by atoms with van der Waals surface area (Å²) in [5, 5.41) is 1.15. The lowest BCUT2D eigenvalue weighted by Gasteiger charge is -2.09. The first-order chi connectivity index (χ1) is 14.8. The van der Waals surface area contributed by atoms with Gasteiger partial charge in [-0.1, -0.05) is 36.0 Å². The standard InChI is InChI=1S/C21H22N2O2S.H2O4S/c1-24-17-7-3-15(4-8-17)13-19-20(23-11-12-26-21(23)22-19)14-16-5-9-18(25-2)10-6-16;1-5(2,3)4/h3-10H,11-14H2,1-2H3;(H2,1,2,3,4). The van der Waals surface area contributed by atoms with Crippen molar-refractivity contribution < 1.29 is 27.0 Å². The fraction of sp³-hybridized carbons (Fsp3) is 0.286. The first kappa shape index (κ1) is 23.1. The van der Waals surface area contributed by atoms with Crippen LogP contribution >= 0.6 is 11.8 Å². The van der Waals surface area contributed by atoms with Crippen molar-refractivity contribution in [3.05, 3.63) is 71.0 Å². The van der Waals surface area contributed by atoms with E-state index in [2.05, 4.69) is 28.8 Å². The number of aromatic nitrogens is 2. The Morgan fingerprint density at radius 2 is 1.42 bits per heavy atom. The molecule has 2 aromatic carbocycles. The molecule has 0 saturated carbocycles.